The van der Waals surface area contributed by atoms with Gasteiger partial charge in [0.2, 0.25) is 5.91 Å². The molecule has 1 unspecified atom stereocenters. The number of nitrogens with one attached hydrogen (secondary N) is 2. The first kappa shape index (κ1) is 14.2. The van der Waals surface area contributed by atoms with Crippen LogP contribution >= 0.6 is 0 Å². The summed E-state index contributed by atoms with van der Waals surface area (Å²) in [6.45, 7) is 2.13. The Kier molecular flexibility index (Phi) is 4.28. The monoisotopic (exact) mass is 284 g/mol. The third kappa shape index (κ3) is 3.29. The Labute approximate surface area is 126 Å². The highest BCUT2D eigenvalue weighted by molar-refractivity contribution is 5.85. The zero-order valence-corrected chi connectivity index (χ0v) is 12.7. The van der Waals surface area contributed by atoms with Crippen LogP contribution in [0.4, 0.5) is 0 Å². The number of hydrogen-bond acceptors (Lipinski definition) is 1. The van der Waals surface area contributed by atoms with E-state index in [2.05, 4.69) is 35.4 Å². The molecule has 1 atom stereocenters. The van der Waals surface area contributed by atoms with Crippen molar-refractivity contribution in [2.24, 2.45) is 0 Å². The molecular weight excluding hydrogens is 260 g/mol. The average Bonchev–Trinajstić information content (AvgIpc) is 2.92. The molecule has 1 fully saturated rings. The molecule has 3 rings (SSSR count). The number of fused-ring (bicyclic) bond motifs is 1. The minimum Gasteiger partial charge on any atom is -0.361 e. The molecule has 0 saturated heterocycles. The molecule has 2 aromatic rings. The summed E-state index contributed by atoms with van der Waals surface area (Å²) in [5.74, 6) is 0.435. The highest BCUT2D eigenvalue weighted by atomic mass is 16.1. The molecule has 1 aromatic heterocycles. The van der Waals surface area contributed by atoms with E-state index in [4.69, 9.17) is 0 Å². The van der Waals surface area contributed by atoms with E-state index in [9.17, 15) is 4.79 Å². The fourth-order valence-corrected chi connectivity index (χ4v) is 3.42. The number of benzene rings is 1. The molecule has 0 aliphatic heterocycles. The number of amides is 1. The number of carbonyl (C=O) groups is 1. The molecule has 1 aliphatic carbocycles. The molecule has 1 aliphatic rings. The topological polar surface area (TPSA) is 44.9 Å². The van der Waals surface area contributed by atoms with Crippen LogP contribution in [0, 0.1) is 0 Å². The predicted molar refractivity (Wildman–Crippen MR) is 86.3 cm³/mol. The molecule has 1 saturated carbocycles. The zero-order valence-electron chi connectivity index (χ0n) is 12.7. The summed E-state index contributed by atoms with van der Waals surface area (Å²) in [6.07, 6.45) is 8.73. The smallest absolute Gasteiger partial charge is 0.220 e. The van der Waals surface area contributed by atoms with E-state index < -0.39 is 0 Å². The molecule has 0 radical (unpaired) electrons. The van der Waals surface area contributed by atoms with Gasteiger partial charge in [0.1, 0.15) is 0 Å². The van der Waals surface area contributed by atoms with Crippen molar-refractivity contribution in [3.63, 3.8) is 0 Å². The standard InChI is InChI=1S/C18H24N2O/c1-13(11-18(21)20-14-7-3-2-4-8-14)16-12-19-17-10-6-5-9-15(16)17/h5-6,9-10,12-14,19H,2-4,7-8,11H2,1H3,(H,20,21). The summed E-state index contributed by atoms with van der Waals surface area (Å²) < 4.78 is 0. The predicted octanol–water partition coefficient (Wildman–Crippen LogP) is 4.11. The van der Waals surface area contributed by atoms with E-state index in [0.29, 0.717) is 12.5 Å². The Hall–Kier alpha value is -1.77. The third-order valence-corrected chi connectivity index (χ3v) is 4.61. The molecule has 1 amide bonds. The number of rotatable bonds is 4. The van der Waals surface area contributed by atoms with Gasteiger partial charge in [-0.2, -0.15) is 0 Å². The second-order valence-electron chi connectivity index (χ2n) is 6.30. The zero-order chi connectivity index (χ0) is 14.7. The summed E-state index contributed by atoms with van der Waals surface area (Å²) in [4.78, 5) is 15.5. The van der Waals surface area contributed by atoms with Gasteiger partial charge in [-0.15, -0.1) is 0 Å². The lowest BCUT2D eigenvalue weighted by Crippen LogP contribution is -2.36. The molecule has 2 N–H and O–H groups in total. The Bertz CT molecular complexity index is 610. The number of carbonyl (C=O) groups excluding carboxylic acids is 1. The normalized spacial score (nSPS) is 17.8. The quantitative estimate of drug-likeness (QED) is 0.872. The lowest BCUT2D eigenvalue weighted by molar-refractivity contribution is -0.122. The van der Waals surface area contributed by atoms with Gasteiger partial charge >= 0.3 is 0 Å². The second kappa shape index (κ2) is 6.33. The third-order valence-electron chi connectivity index (χ3n) is 4.61. The van der Waals surface area contributed by atoms with E-state index in [0.717, 1.165) is 18.4 Å². The van der Waals surface area contributed by atoms with Crippen LogP contribution in [0.3, 0.4) is 0 Å². The van der Waals surface area contributed by atoms with Crippen LogP contribution in [-0.2, 0) is 4.79 Å². The van der Waals surface area contributed by atoms with Crippen LogP contribution in [0.2, 0.25) is 0 Å². The maximum absolute atomic E-state index is 12.2. The molecule has 3 nitrogen and oxygen atoms in total. The summed E-state index contributed by atoms with van der Waals surface area (Å²) in [7, 11) is 0. The van der Waals surface area contributed by atoms with Crippen molar-refractivity contribution in [3.8, 4) is 0 Å². The van der Waals surface area contributed by atoms with Crippen molar-refractivity contribution in [2.75, 3.05) is 0 Å². The molecule has 21 heavy (non-hydrogen) atoms. The van der Waals surface area contributed by atoms with E-state index in [1.807, 2.05) is 12.3 Å². The van der Waals surface area contributed by atoms with Crippen LogP contribution in [0.25, 0.3) is 10.9 Å². The maximum atomic E-state index is 12.2. The van der Waals surface area contributed by atoms with Crippen LogP contribution in [0.1, 0.15) is 56.9 Å². The van der Waals surface area contributed by atoms with Gasteiger partial charge in [-0.3, -0.25) is 4.79 Å². The number of aromatic amines is 1. The second-order valence-corrected chi connectivity index (χ2v) is 6.30. The van der Waals surface area contributed by atoms with Gasteiger partial charge < -0.3 is 10.3 Å². The molecule has 0 bridgehead atoms. The van der Waals surface area contributed by atoms with Gasteiger partial charge in [0.25, 0.3) is 0 Å². The Morgan fingerprint density at radius 3 is 2.86 bits per heavy atom. The van der Waals surface area contributed by atoms with Crippen molar-refractivity contribution >= 4 is 16.8 Å². The van der Waals surface area contributed by atoms with Crippen LogP contribution in [0.15, 0.2) is 30.5 Å². The van der Waals surface area contributed by atoms with Crippen LogP contribution in [-0.4, -0.2) is 16.9 Å². The van der Waals surface area contributed by atoms with Crippen LogP contribution in [0.5, 0.6) is 0 Å². The molecular formula is C18H24N2O. The Balaban J connectivity index is 1.62. The van der Waals surface area contributed by atoms with Gasteiger partial charge in [0.15, 0.2) is 0 Å². The largest absolute Gasteiger partial charge is 0.361 e. The van der Waals surface area contributed by atoms with E-state index in [1.165, 1.54) is 30.2 Å². The van der Waals surface area contributed by atoms with Gasteiger partial charge in [0, 0.05) is 29.6 Å². The van der Waals surface area contributed by atoms with Crippen LogP contribution < -0.4 is 5.32 Å². The minimum absolute atomic E-state index is 0.194. The van der Waals surface area contributed by atoms with E-state index >= 15 is 0 Å². The lowest BCUT2D eigenvalue weighted by atomic mass is 9.94. The summed E-state index contributed by atoms with van der Waals surface area (Å²) in [6, 6.07) is 8.68. The van der Waals surface area contributed by atoms with Gasteiger partial charge in [0.05, 0.1) is 0 Å². The summed E-state index contributed by atoms with van der Waals surface area (Å²) >= 11 is 0. The highest BCUT2D eigenvalue weighted by Crippen LogP contribution is 2.27. The fourth-order valence-electron chi connectivity index (χ4n) is 3.42. The van der Waals surface area contributed by atoms with Crippen molar-refractivity contribution in [2.45, 2.75) is 57.4 Å². The Morgan fingerprint density at radius 1 is 1.29 bits per heavy atom. The fraction of sp³-hybridized carbons (Fsp3) is 0.500. The first-order valence-corrected chi connectivity index (χ1v) is 8.09. The summed E-state index contributed by atoms with van der Waals surface area (Å²) in [5, 5.41) is 4.44. The van der Waals surface area contributed by atoms with Gasteiger partial charge in [-0.05, 0) is 30.4 Å². The average molecular weight is 284 g/mol. The van der Waals surface area contributed by atoms with Gasteiger partial charge in [-0.25, -0.2) is 0 Å². The Morgan fingerprint density at radius 2 is 2.05 bits per heavy atom. The lowest BCUT2D eigenvalue weighted by Gasteiger charge is -2.23. The molecule has 3 heteroatoms. The number of H-pyrrole nitrogens is 1. The van der Waals surface area contributed by atoms with E-state index in [-0.39, 0.29) is 11.8 Å². The van der Waals surface area contributed by atoms with Crippen molar-refractivity contribution in [1.82, 2.24) is 10.3 Å². The molecule has 0 spiro atoms. The maximum Gasteiger partial charge on any atom is 0.220 e. The first-order valence-electron chi connectivity index (χ1n) is 8.09. The highest BCUT2D eigenvalue weighted by Gasteiger charge is 2.19. The van der Waals surface area contributed by atoms with Crippen molar-refractivity contribution in [3.05, 3.63) is 36.0 Å². The number of aromatic nitrogens is 1. The van der Waals surface area contributed by atoms with E-state index in [1.54, 1.807) is 0 Å². The molecule has 112 valence electrons. The SMILES string of the molecule is CC(CC(=O)NC1CCCCC1)c1c[nH]c2ccccc12. The molecule has 1 aromatic carbocycles. The summed E-state index contributed by atoms with van der Waals surface area (Å²) in [5.41, 5.74) is 2.39. The minimum atomic E-state index is 0.194. The van der Waals surface area contributed by atoms with Crippen molar-refractivity contribution in [1.29, 1.82) is 0 Å². The number of para-hydroxylation sites is 1. The molecule has 1 heterocycles. The first-order chi connectivity index (χ1) is 10.2. The van der Waals surface area contributed by atoms with Crippen molar-refractivity contribution < 1.29 is 4.79 Å². The number of hydrogen-bond donors (Lipinski definition) is 2. The van der Waals surface area contributed by atoms with Gasteiger partial charge in [-0.1, -0.05) is 44.4 Å².